The third kappa shape index (κ3) is 4.14. The first-order valence-corrected chi connectivity index (χ1v) is 8.59. The van der Waals surface area contributed by atoms with Crippen LogP contribution in [0.5, 0.6) is 11.5 Å². The Morgan fingerprint density at radius 3 is 2.63 bits per heavy atom. The standard InChI is InChI=1S/C20H18N4O3/c25-20(23-13-16-3-1-2-7-21-16)17-11-15(6-8-22-17)24-14-4-5-18-19(12-14)27-10-9-26-18/h1-8,11-12H,9-10,13H2,(H,22,24)(H,23,25). The van der Waals surface area contributed by atoms with Gasteiger partial charge in [-0.1, -0.05) is 6.07 Å². The number of fused-ring (bicyclic) bond motifs is 1. The Labute approximate surface area is 156 Å². The van der Waals surface area contributed by atoms with E-state index in [-0.39, 0.29) is 5.91 Å². The molecule has 0 saturated carbocycles. The molecule has 0 fully saturated rings. The summed E-state index contributed by atoms with van der Waals surface area (Å²) >= 11 is 0. The van der Waals surface area contributed by atoms with Crippen LogP contribution in [0, 0.1) is 0 Å². The van der Waals surface area contributed by atoms with Crippen molar-refractivity contribution in [1.29, 1.82) is 0 Å². The summed E-state index contributed by atoms with van der Waals surface area (Å²) in [6, 6.07) is 14.7. The Morgan fingerprint density at radius 2 is 1.78 bits per heavy atom. The van der Waals surface area contributed by atoms with Gasteiger partial charge in [-0.2, -0.15) is 0 Å². The van der Waals surface area contributed by atoms with Gasteiger partial charge in [0.2, 0.25) is 0 Å². The van der Waals surface area contributed by atoms with Gasteiger partial charge in [0, 0.05) is 29.8 Å². The van der Waals surface area contributed by atoms with Crippen molar-refractivity contribution in [3.05, 3.63) is 72.3 Å². The number of hydrogen-bond acceptors (Lipinski definition) is 6. The van der Waals surface area contributed by atoms with Crippen LogP contribution in [0.1, 0.15) is 16.2 Å². The van der Waals surface area contributed by atoms with Crippen molar-refractivity contribution in [2.45, 2.75) is 6.54 Å². The Bertz CT molecular complexity index is 947. The molecule has 7 heteroatoms. The van der Waals surface area contributed by atoms with Crippen LogP contribution in [0.2, 0.25) is 0 Å². The van der Waals surface area contributed by atoms with Crippen LogP contribution in [0.4, 0.5) is 11.4 Å². The molecular formula is C20H18N4O3. The SMILES string of the molecule is O=C(NCc1ccccn1)c1cc(Nc2ccc3c(c2)OCCO3)ccn1. The van der Waals surface area contributed by atoms with Gasteiger partial charge in [-0.15, -0.1) is 0 Å². The summed E-state index contributed by atoms with van der Waals surface area (Å²) < 4.78 is 11.1. The molecule has 0 spiro atoms. The second-order valence-corrected chi connectivity index (χ2v) is 5.92. The summed E-state index contributed by atoms with van der Waals surface area (Å²) in [5.74, 6) is 1.18. The molecule has 2 N–H and O–H groups in total. The Kier molecular flexibility index (Phi) is 4.82. The van der Waals surface area contributed by atoms with Crippen LogP contribution >= 0.6 is 0 Å². The van der Waals surface area contributed by atoms with E-state index in [1.54, 1.807) is 24.5 Å². The van der Waals surface area contributed by atoms with Gasteiger partial charge in [-0.05, 0) is 36.4 Å². The molecule has 4 rings (SSSR count). The smallest absolute Gasteiger partial charge is 0.270 e. The highest BCUT2D eigenvalue weighted by Crippen LogP contribution is 2.33. The Hall–Kier alpha value is -3.61. The third-order valence-corrected chi connectivity index (χ3v) is 3.98. The van der Waals surface area contributed by atoms with Crippen LogP contribution in [0.25, 0.3) is 0 Å². The first-order valence-electron chi connectivity index (χ1n) is 8.59. The maximum Gasteiger partial charge on any atom is 0.270 e. The number of ether oxygens (including phenoxy) is 2. The van der Waals surface area contributed by atoms with Crippen LogP contribution < -0.4 is 20.1 Å². The van der Waals surface area contributed by atoms with Crippen LogP contribution in [-0.2, 0) is 6.54 Å². The third-order valence-electron chi connectivity index (χ3n) is 3.98. The van der Waals surface area contributed by atoms with E-state index in [4.69, 9.17) is 9.47 Å². The van der Waals surface area contributed by atoms with Gasteiger partial charge < -0.3 is 20.1 Å². The van der Waals surface area contributed by atoms with Crippen molar-refractivity contribution in [3.63, 3.8) is 0 Å². The highest BCUT2D eigenvalue weighted by Gasteiger charge is 2.12. The summed E-state index contributed by atoms with van der Waals surface area (Å²) in [5.41, 5.74) is 2.71. The topological polar surface area (TPSA) is 85.4 Å². The van der Waals surface area contributed by atoms with E-state index >= 15 is 0 Å². The van der Waals surface area contributed by atoms with Crippen LogP contribution in [0.15, 0.2) is 60.9 Å². The number of nitrogens with zero attached hydrogens (tertiary/aromatic N) is 2. The fourth-order valence-electron chi connectivity index (χ4n) is 2.68. The number of hydrogen-bond donors (Lipinski definition) is 2. The minimum absolute atomic E-state index is 0.258. The maximum atomic E-state index is 12.3. The van der Waals surface area contributed by atoms with Crippen molar-refractivity contribution in [2.75, 3.05) is 18.5 Å². The summed E-state index contributed by atoms with van der Waals surface area (Å²) in [4.78, 5) is 20.7. The lowest BCUT2D eigenvalue weighted by atomic mass is 10.2. The molecule has 3 heterocycles. The van der Waals surface area contributed by atoms with Crippen molar-refractivity contribution in [3.8, 4) is 11.5 Å². The van der Waals surface area contributed by atoms with E-state index < -0.39 is 0 Å². The predicted molar refractivity (Wildman–Crippen MR) is 100 cm³/mol. The molecule has 0 aliphatic carbocycles. The lowest BCUT2D eigenvalue weighted by molar-refractivity contribution is 0.0945. The van der Waals surface area contributed by atoms with Gasteiger partial charge in [-0.3, -0.25) is 14.8 Å². The zero-order chi connectivity index (χ0) is 18.5. The van der Waals surface area contributed by atoms with Crippen molar-refractivity contribution < 1.29 is 14.3 Å². The molecule has 3 aromatic rings. The first kappa shape index (κ1) is 16.8. The van der Waals surface area contributed by atoms with E-state index in [1.165, 1.54) is 0 Å². The molecule has 0 unspecified atom stereocenters. The molecule has 7 nitrogen and oxygen atoms in total. The van der Waals surface area contributed by atoms with E-state index in [9.17, 15) is 4.79 Å². The first-order chi connectivity index (χ1) is 13.3. The molecule has 1 amide bonds. The summed E-state index contributed by atoms with van der Waals surface area (Å²) in [6.07, 6.45) is 3.29. The van der Waals surface area contributed by atoms with Gasteiger partial charge in [0.25, 0.3) is 5.91 Å². The highest BCUT2D eigenvalue weighted by atomic mass is 16.6. The van der Waals surface area contributed by atoms with E-state index in [0.717, 1.165) is 22.8 Å². The highest BCUT2D eigenvalue weighted by molar-refractivity contribution is 5.93. The number of aromatic nitrogens is 2. The minimum Gasteiger partial charge on any atom is -0.486 e. The molecule has 0 saturated heterocycles. The molecule has 1 aliphatic heterocycles. The molecule has 136 valence electrons. The lowest BCUT2D eigenvalue weighted by Crippen LogP contribution is -2.24. The predicted octanol–water partition coefficient (Wildman–Crippen LogP) is 2.92. The fourth-order valence-corrected chi connectivity index (χ4v) is 2.68. The van der Waals surface area contributed by atoms with Crippen molar-refractivity contribution >= 4 is 17.3 Å². The summed E-state index contributed by atoms with van der Waals surface area (Å²) in [7, 11) is 0. The lowest BCUT2D eigenvalue weighted by Gasteiger charge is -2.19. The Balaban J connectivity index is 1.43. The fraction of sp³-hybridized carbons (Fsp3) is 0.150. The average Bonchev–Trinajstić information content (AvgIpc) is 2.73. The molecular weight excluding hydrogens is 344 g/mol. The van der Waals surface area contributed by atoms with E-state index in [0.29, 0.717) is 31.2 Å². The number of pyridine rings is 2. The second kappa shape index (κ2) is 7.74. The largest absolute Gasteiger partial charge is 0.486 e. The number of rotatable bonds is 5. The summed E-state index contributed by atoms with van der Waals surface area (Å²) in [6.45, 7) is 1.44. The zero-order valence-electron chi connectivity index (χ0n) is 14.5. The number of carbonyl (C=O) groups excluding carboxylic acids is 1. The average molecular weight is 362 g/mol. The quantitative estimate of drug-likeness (QED) is 0.726. The number of benzene rings is 1. The molecule has 0 atom stereocenters. The second-order valence-electron chi connectivity index (χ2n) is 5.92. The van der Waals surface area contributed by atoms with Gasteiger partial charge >= 0.3 is 0 Å². The van der Waals surface area contributed by atoms with Crippen LogP contribution in [-0.4, -0.2) is 29.1 Å². The zero-order valence-corrected chi connectivity index (χ0v) is 14.5. The number of amides is 1. The molecule has 1 aromatic carbocycles. The minimum atomic E-state index is -0.258. The Morgan fingerprint density at radius 1 is 0.926 bits per heavy atom. The van der Waals surface area contributed by atoms with Crippen molar-refractivity contribution in [2.24, 2.45) is 0 Å². The van der Waals surface area contributed by atoms with E-state index in [2.05, 4.69) is 20.6 Å². The number of carbonyl (C=O) groups is 1. The molecule has 0 bridgehead atoms. The van der Waals surface area contributed by atoms with Crippen molar-refractivity contribution in [1.82, 2.24) is 15.3 Å². The van der Waals surface area contributed by atoms with Gasteiger partial charge in [-0.25, -0.2) is 0 Å². The molecule has 0 radical (unpaired) electrons. The van der Waals surface area contributed by atoms with Gasteiger partial charge in [0.15, 0.2) is 11.5 Å². The van der Waals surface area contributed by atoms with Gasteiger partial charge in [0.1, 0.15) is 18.9 Å². The molecule has 1 aliphatic rings. The molecule has 2 aromatic heterocycles. The molecule has 27 heavy (non-hydrogen) atoms. The van der Waals surface area contributed by atoms with E-state index in [1.807, 2.05) is 36.4 Å². The number of nitrogens with one attached hydrogen (secondary N) is 2. The van der Waals surface area contributed by atoms with Gasteiger partial charge in [0.05, 0.1) is 12.2 Å². The number of anilines is 2. The summed E-state index contributed by atoms with van der Waals surface area (Å²) in [5, 5.41) is 6.07. The maximum absolute atomic E-state index is 12.3. The monoisotopic (exact) mass is 362 g/mol. The normalized spacial score (nSPS) is 12.3. The van der Waals surface area contributed by atoms with Crippen LogP contribution in [0.3, 0.4) is 0 Å².